The Morgan fingerprint density at radius 2 is 1.96 bits per heavy atom. The first kappa shape index (κ1) is 18.2. The highest BCUT2D eigenvalue weighted by Gasteiger charge is 2.19. The number of aromatic nitrogens is 2. The second-order valence-electron chi connectivity index (χ2n) is 6.59. The fraction of sp³-hybridized carbons (Fsp3) is 0.450. The van der Waals surface area contributed by atoms with Crippen LogP contribution in [0.25, 0.3) is 11.0 Å². The minimum Gasteiger partial charge on any atom is -0.352 e. The molecule has 1 N–H and O–H groups in total. The van der Waals surface area contributed by atoms with Crippen molar-refractivity contribution in [1.29, 1.82) is 0 Å². The van der Waals surface area contributed by atoms with Crippen molar-refractivity contribution >= 4 is 22.8 Å². The summed E-state index contributed by atoms with van der Waals surface area (Å²) in [5.41, 5.74) is 1.85. The highest BCUT2D eigenvalue weighted by atomic mass is 16.2. The van der Waals surface area contributed by atoms with Crippen molar-refractivity contribution in [2.75, 3.05) is 19.6 Å². The van der Waals surface area contributed by atoms with Crippen molar-refractivity contribution in [2.45, 2.75) is 39.2 Å². The number of benzene rings is 1. The fourth-order valence-corrected chi connectivity index (χ4v) is 3.38. The molecule has 1 fully saturated rings. The molecule has 1 saturated heterocycles. The number of rotatable bonds is 6. The van der Waals surface area contributed by atoms with Gasteiger partial charge in [-0.1, -0.05) is 18.2 Å². The lowest BCUT2D eigenvalue weighted by molar-refractivity contribution is -0.132. The van der Waals surface area contributed by atoms with Crippen molar-refractivity contribution in [2.24, 2.45) is 0 Å². The molecule has 1 aliphatic heterocycles. The molecule has 26 heavy (non-hydrogen) atoms. The number of nitrogens with zero attached hydrogens (tertiary/aromatic N) is 3. The van der Waals surface area contributed by atoms with E-state index in [1.54, 1.807) is 6.08 Å². The second-order valence-corrected chi connectivity index (χ2v) is 6.59. The van der Waals surface area contributed by atoms with Gasteiger partial charge in [0.2, 0.25) is 11.8 Å². The van der Waals surface area contributed by atoms with Gasteiger partial charge in [-0.25, -0.2) is 4.98 Å². The topological polar surface area (TPSA) is 67.2 Å². The van der Waals surface area contributed by atoms with E-state index in [4.69, 9.17) is 0 Å². The Labute approximate surface area is 153 Å². The number of hydrogen-bond donors (Lipinski definition) is 1. The third-order valence-corrected chi connectivity index (χ3v) is 4.70. The Morgan fingerprint density at radius 3 is 2.73 bits per heavy atom. The van der Waals surface area contributed by atoms with Gasteiger partial charge in [-0.15, -0.1) is 0 Å². The van der Waals surface area contributed by atoms with Crippen LogP contribution in [-0.4, -0.2) is 45.9 Å². The number of likely N-dealkylation sites (tertiary alicyclic amines) is 1. The molecule has 0 saturated carbocycles. The zero-order valence-electron chi connectivity index (χ0n) is 15.3. The van der Waals surface area contributed by atoms with E-state index < -0.39 is 0 Å². The first-order valence-electron chi connectivity index (χ1n) is 9.31. The fourth-order valence-electron chi connectivity index (χ4n) is 3.38. The van der Waals surface area contributed by atoms with Crippen LogP contribution in [0.15, 0.2) is 36.4 Å². The summed E-state index contributed by atoms with van der Waals surface area (Å²) in [5, 5.41) is 2.85. The first-order chi connectivity index (χ1) is 12.7. The molecule has 0 aliphatic carbocycles. The van der Waals surface area contributed by atoms with Crippen LogP contribution in [-0.2, 0) is 22.6 Å². The standard InChI is InChI=1S/C20H26N4O2/c1-2-8-19(25)21-12-11-18-22-16-9-4-5-10-17(16)24(18)15-20(26)23-13-6-3-7-14-23/h2,4-5,8-10H,3,6-7,11-15H2,1H3,(H,21,25)/b8-2+. The van der Waals surface area contributed by atoms with Gasteiger partial charge in [-0.2, -0.15) is 0 Å². The van der Waals surface area contributed by atoms with Gasteiger partial charge in [0.1, 0.15) is 12.4 Å². The summed E-state index contributed by atoms with van der Waals surface area (Å²) in [4.78, 5) is 30.9. The Bertz CT molecular complexity index is 803. The van der Waals surface area contributed by atoms with E-state index in [9.17, 15) is 9.59 Å². The third kappa shape index (κ3) is 4.31. The van der Waals surface area contributed by atoms with E-state index in [1.165, 1.54) is 12.5 Å². The molecule has 6 heteroatoms. The monoisotopic (exact) mass is 354 g/mol. The van der Waals surface area contributed by atoms with Crippen LogP contribution in [0.5, 0.6) is 0 Å². The van der Waals surface area contributed by atoms with Gasteiger partial charge in [0.15, 0.2) is 0 Å². The molecule has 6 nitrogen and oxygen atoms in total. The molecule has 0 spiro atoms. The molecular formula is C20H26N4O2. The number of carbonyl (C=O) groups excluding carboxylic acids is 2. The number of piperidine rings is 1. The summed E-state index contributed by atoms with van der Waals surface area (Å²) in [6.45, 7) is 4.30. The molecule has 0 radical (unpaired) electrons. The van der Waals surface area contributed by atoms with Gasteiger partial charge in [0, 0.05) is 26.1 Å². The largest absolute Gasteiger partial charge is 0.352 e. The van der Waals surface area contributed by atoms with Crippen molar-refractivity contribution in [3.05, 3.63) is 42.2 Å². The molecule has 3 rings (SSSR count). The smallest absolute Gasteiger partial charge is 0.243 e. The van der Waals surface area contributed by atoms with Gasteiger partial charge in [0.25, 0.3) is 0 Å². The molecule has 0 bridgehead atoms. The van der Waals surface area contributed by atoms with Crippen LogP contribution in [0.4, 0.5) is 0 Å². The van der Waals surface area contributed by atoms with Gasteiger partial charge in [-0.3, -0.25) is 9.59 Å². The molecule has 0 unspecified atom stereocenters. The minimum absolute atomic E-state index is 0.112. The van der Waals surface area contributed by atoms with Crippen LogP contribution < -0.4 is 5.32 Å². The molecule has 2 heterocycles. The van der Waals surface area contributed by atoms with Crippen LogP contribution in [0, 0.1) is 0 Å². The summed E-state index contributed by atoms with van der Waals surface area (Å²) in [5.74, 6) is 0.865. The summed E-state index contributed by atoms with van der Waals surface area (Å²) in [6, 6.07) is 7.86. The number of para-hydroxylation sites is 2. The number of nitrogens with one attached hydrogen (secondary N) is 1. The van der Waals surface area contributed by atoms with Crippen molar-refractivity contribution in [1.82, 2.24) is 19.8 Å². The maximum Gasteiger partial charge on any atom is 0.243 e. The summed E-state index contributed by atoms with van der Waals surface area (Å²) in [7, 11) is 0. The second kappa shape index (κ2) is 8.65. The molecule has 1 aromatic heterocycles. The molecule has 2 amide bonds. The number of fused-ring (bicyclic) bond motifs is 1. The Kier molecular flexibility index (Phi) is 6.04. The molecular weight excluding hydrogens is 328 g/mol. The van der Waals surface area contributed by atoms with Crippen LogP contribution >= 0.6 is 0 Å². The first-order valence-corrected chi connectivity index (χ1v) is 9.31. The maximum absolute atomic E-state index is 12.7. The maximum atomic E-state index is 12.7. The van der Waals surface area contributed by atoms with E-state index in [0.29, 0.717) is 19.5 Å². The zero-order valence-corrected chi connectivity index (χ0v) is 15.3. The average Bonchev–Trinajstić information content (AvgIpc) is 3.00. The SMILES string of the molecule is C/C=C/C(=O)NCCc1nc2ccccc2n1CC(=O)N1CCCCC1. The van der Waals surface area contributed by atoms with Crippen LogP contribution in [0.2, 0.25) is 0 Å². The minimum atomic E-state index is -0.112. The van der Waals surface area contributed by atoms with E-state index in [2.05, 4.69) is 10.3 Å². The van der Waals surface area contributed by atoms with Crippen molar-refractivity contribution < 1.29 is 9.59 Å². The van der Waals surface area contributed by atoms with Gasteiger partial charge in [0.05, 0.1) is 11.0 Å². The molecule has 138 valence electrons. The number of amides is 2. The predicted octanol–water partition coefficient (Wildman–Crippen LogP) is 2.28. The highest BCUT2D eigenvalue weighted by Crippen LogP contribution is 2.18. The lowest BCUT2D eigenvalue weighted by Crippen LogP contribution is -2.38. The van der Waals surface area contributed by atoms with Crippen molar-refractivity contribution in [3.63, 3.8) is 0 Å². The van der Waals surface area contributed by atoms with Gasteiger partial charge >= 0.3 is 0 Å². The number of carbonyl (C=O) groups is 2. The zero-order chi connectivity index (χ0) is 18.4. The van der Waals surface area contributed by atoms with Crippen molar-refractivity contribution in [3.8, 4) is 0 Å². The molecule has 2 aromatic rings. The van der Waals surface area contributed by atoms with E-state index in [-0.39, 0.29) is 11.8 Å². The number of imidazole rings is 1. The third-order valence-electron chi connectivity index (χ3n) is 4.70. The lowest BCUT2D eigenvalue weighted by Gasteiger charge is -2.27. The molecule has 0 atom stereocenters. The Hall–Kier alpha value is -2.63. The van der Waals surface area contributed by atoms with E-state index in [0.717, 1.165) is 42.8 Å². The molecule has 1 aliphatic rings. The summed E-state index contributed by atoms with van der Waals surface area (Å²) < 4.78 is 1.99. The summed E-state index contributed by atoms with van der Waals surface area (Å²) >= 11 is 0. The molecule has 1 aromatic carbocycles. The Balaban J connectivity index is 1.75. The number of allylic oxidation sites excluding steroid dienone is 1. The van der Waals surface area contributed by atoms with E-state index in [1.807, 2.05) is 40.7 Å². The highest BCUT2D eigenvalue weighted by molar-refractivity contribution is 5.87. The van der Waals surface area contributed by atoms with Crippen LogP contribution in [0.3, 0.4) is 0 Å². The predicted molar refractivity (Wildman–Crippen MR) is 102 cm³/mol. The van der Waals surface area contributed by atoms with Crippen LogP contribution in [0.1, 0.15) is 32.0 Å². The number of hydrogen-bond acceptors (Lipinski definition) is 3. The average molecular weight is 354 g/mol. The summed E-state index contributed by atoms with van der Waals surface area (Å²) in [6.07, 6.45) is 7.17. The normalized spacial score (nSPS) is 14.9. The quantitative estimate of drug-likeness (QED) is 0.810. The van der Waals surface area contributed by atoms with Gasteiger partial charge in [-0.05, 0) is 44.4 Å². The van der Waals surface area contributed by atoms with E-state index >= 15 is 0 Å². The lowest BCUT2D eigenvalue weighted by atomic mass is 10.1. The van der Waals surface area contributed by atoms with Gasteiger partial charge < -0.3 is 14.8 Å². The Morgan fingerprint density at radius 1 is 1.19 bits per heavy atom.